The molecule has 3 atom stereocenters. The Labute approximate surface area is 272 Å². The number of hydrogen-bond donors (Lipinski definition) is 1. The van der Waals surface area contributed by atoms with Gasteiger partial charge in [0.15, 0.2) is 5.82 Å². The number of phenolic OH excluding ortho intramolecular Hbond substituents is 1. The molecule has 3 aliphatic rings. The van der Waals surface area contributed by atoms with Gasteiger partial charge in [0.1, 0.15) is 23.7 Å². The standard InChI is InChI=1S/C36H38FN7O3/c1-41-13-5-7-26(41)21-47-36-39-34-30(12-11-29(33(34)37)31-16-27(45)15-23-6-3-4-8-28(23)31)35(40-36)43-19-24-9-10-25(20-43)44(24)32(46)14-22-17-38-42(2)18-22/h3-4,6,8,11-12,15-18,24-26,45H,5,7,9-10,13-14,19-21H2,1-2H3/t24?,25?,26-/m0/s1. The second-order valence-electron chi connectivity index (χ2n) is 13.2. The van der Waals surface area contributed by atoms with Crippen LogP contribution in [0, 0.1) is 5.82 Å². The summed E-state index contributed by atoms with van der Waals surface area (Å²) in [6, 6.07) is 15.0. The van der Waals surface area contributed by atoms with Crippen LogP contribution in [0.2, 0.25) is 0 Å². The Bertz CT molecular complexity index is 1980. The van der Waals surface area contributed by atoms with Gasteiger partial charge in [-0.05, 0) is 79.4 Å². The largest absolute Gasteiger partial charge is 0.508 e. The summed E-state index contributed by atoms with van der Waals surface area (Å²) < 4.78 is 24.7. The Kier molecular flexibility index (Phi) is 7.43. The third-order valence-electron chi connectivity index (χ3n) is 10.2. The molecule has 11 heteroatoms. The van der Waals surface area contributed by atoms with E-state index < -0.39 is 5.82 Å². The Hall–Kier alpha value is -4.77. The second kappa shape index (κ2) is 11.8. The topological polar surface area (TPSA) is 99.9 Å². The predicted octanol–water partition coefficient (Wildman–Crippen LogP) is 4.92. The number of halogens is 1. The molecule has 0 aliphatic carbocycles. The lowest BCUT2D eigenvalue weighted by Crippen LogP contribution is -2.56. The summed E-state index contributed by atoms with van der Waals surface area (Å²) in [7, 11) is 3.94. The Morgan fingerprint density at radius 2 is 1.81 bits per heavy atom. The van der Waals surface area contributed by atoms with Gasteiger partial charge < -0.3 is 24.5 Å². The molecule has 0 radical (unpaired) electrons. The smallest absolute Gasteiger partial charge is 0.319 e. The molecule has 47 heavy (non-hydrogen) atoms. The van der Waals surface area contributed by atoms with Crippen LogP contribution in [0.3, 0.4) is 0 Å². The van der Waals surface area contributed by atoms with E-state index in [-0.39, 0.29) is 41.3 Å². The summed E-state index contributed by atoms with van der Waals surface area (Å²) in [5.74, 6) is 0.305. The Morgan fingerprint density at radius 1 is 1.00 bits per heavy atom. The van der Waals surface area contributed by atoms with Crippen LogP contribution in [0.15, 0.2) is 60.9 Å². The minimum atomic E-state index is -0.488. The van der Waals surface area contributed by atoms with Crippen LogP contribution in [-0.4, -0.2) is 92.0 Å². The summed E-state index contributed by atoms with van der Waals surface area (Å²) >= 11 is 0. The molecule has 242 valence electrons. The summed E-state index contributed by atoms with van der Waals surface area (Å²) in [6.45, 7) is 2.61. The van der Waals surface area contributed by atoms with Gasteiger partial charge in [-0.3, -0.25) is 9.48 Å². The molecule has 1 N–H and O–H groups in total. The van der Waals surface area contributed by atoms with Gasteiger partial charge in [0.05, 0.1) is 12.6 Å². The van der Waals surface area contributed by atoms with Crippen LogP contribution in [0.5, 0.6) is 11.8 Å². The predicted molar refractivity (Wildman–Crippen MR) is 178 cm³/mol. The highest BCUT2D eigenvalue weighted by Crippen LogP contribution is 2.40. The minimum absolute atomic E-state index is 0.0298. The third kappa shape index (κ3) is 5.42. The molecule has 5 heterocycles. The van der Waals surface area contributed by atoms with Crippen molar-refractivity contribution in [2.24, 2.45) is 7.05 Å². The first-order valence-corrected chi connectivity index (χ1v) is 16.4. The zero-order valence-electron chi connectivity index (χ0n) is 26.6. The highest BCUT2D eigenvalue weighted by Gasteiger charge is 2.43. The molecule has 0 saturated carbocycles. The number of fused-ring (bicyclic) bond motifs is 4. The lowest BCUT2D eigenvalue weighted by molar-refractivity contribution is -0.133. The van der Waals surface area contributed by atoms with E-state index in [2.05, 4.69) is 26.9 Å². The van der Waals surface area contributed by atoms with Crippen LogP contribution in [0.25, 0.3) is 32.8 Å². The van der Waals surface area contributed by atoms with E-state index in [9.17, 15) is 9.90 Å². The Balaban J connectivity index is 1.17. The number of rotatable bonds is 7. The number of piperazine rings is 1. The van der Waals surface area contributed by atoms with E-state index in [1.165, 1.54) is 0 Å². The molecule has 3 fully saturated rings. The van der Waals surface area contributed by atoms with Gasteiger partial charge in [-0.25, -0.2) is 4.39 Å². The molecule has 0 spiro atoms. The number of phenols is 1. The van der Waals surface area contributed by atoms with Crippen molar-refractivity contribution in [2.75, 3.05) is 38.2 Å². The molecular weight excluding hydrogens is 597 g/mol. The number of ether oxygens (including phenoxy) is 1. The number of likely N-dealkylation sites (tertiary alicyclic amines) is 1. The molecule has 2 bridgehead atoms. The number of benzene rings is 3. The number of carbonyl (C=O) groups excluding carboxylic acids is 1. The first kappa shape index (κ1) is 29.6. The first-order chi connectivity index (χ1) is 22.8. The fourth-order valence-electron chi connectivity index (χ4n) is 7.83. The van der Waals surface area contributed by atoms with Crippen molar-refractivity contribution in [3.63, 3.8) is 0 Å². The first-order valence-electron chi connectivity index (χ1n) is 16.4. The lowest BCUT2D eigenvalue weighted by atomic mass is 9.96. The number of nitrogens with zero attached hydrogens (tertiary/aromatic N) is 7. The lowest BCUT2D eigenvalue weighted by Gasteiger charge is -2.42. The number of likely N-dealkylation sites (N-methyl/N-ethyl adjacent to an activating group) is 1. The van der Waals surface area contributed by atoms with Crippen molar-refractivity contribution in [3.05, 3.63) is 72.3 Å². The number of aromatic nitrogens is 4. The zero-order chi connectivity index (χ0) is 32.2. The maximum absolute atomic E-state index is 16.8. The van der Waals surface area contributed by atoms with Crippen LogP contribution >= 0.6 is 0 Å². The number of aromatic hydroxyl groups is 1. The van der Waals surface area contributed by atoms with Gasteiger partial charge in [0, 0.05) is 55.4 Å². The van der Waals surface area contributed by atoms with Gasteiger partial charge in [-0.15, -0.1) is 0 Å². The fourth-order valence-corrected chi connectivity index (χ4v) is 7.83. The van der Waals surface area contributed by atoms with E-state index in [4.69, 9.17) is 9.72 Å². The quantitative estimate of drug-likeness (QED) is 0.269. The molecule has 5 aromatic rings. The maximum Gasteiger partial charge on any atom is 0.319 e. The molecule has 2 aromatic heterocycles. The summed E-state index contributed by atoms with van der Waals surface area (Å²) in [5, 5.41) is 17.0. The van der Waals surface area contributed by atoms with Crippen molar-refractivity contribution in [1.82, 2.24) is 29.5 Å². The average Bonchev–Trinajstić information content (AvgIpc) is 3.75. The van der Waals surface area contributed by atoms with Crippen LogP contribution in [0.4, 0.5) is 10.2 Å². The zero-order valence-corrected chi connectivity index (χ0v) is 26.6. The number of amides is 1. The highest BCUT2D eigenvalue weighted by atomic mass is 19.1. The molecular formula is C36H38FN7O3. The van der Waals surface area contributed by atoms with Gasteiger partial charge in [0.25, 0.3) is 0 Å². The van der Waals surface area contributed by atoms with Crippen LogP contribution in [-0.2, 0) is 18.3 Å². The maximum atomic E-state index is 16.8. The Morgan fingerprint density at radius 3 is 2.55 bits per heavy atom. The summed E-state index contributed by atoms with van der Waals surface area (Å²) in [5.41, 5.74) is 2.02. The molecule has 3 aromatic carbocycles. The molecule has 3 aliphatic heterocycles. The number of aryl methyl sites for hydroxylation is 1. The normalized spacial score (nSPS) is 21.3. The van der Waals surface area contributed by atoms with E-state index in [0.29, 0.717) is 48.4 Å². The SMILES string of the molecule is CN1CCC[C@H]1COc1nc(N2CC3CCC(C2)N3C(=O)Cc2cnn(C)c2)c2ccc(-c3cc(O)cc4ccccc34)c(F)c2n1. The molecule has 10 nitrogen and oxygen atoms in total. The van der Waals surface area contributed by atoms with Gasteiger partial charge in [-0.2, -0.15) is 15.1 Å². The third-order valence-corrected chi connectivity index (χ3v) is 10.2. The summed E-state index contributed by atoms with van der Waals surface area (Å²) in [6.07, 6.45) is 7.90. The van der Waals surface area contributed by atoms with Crippen LogP contribution < -0.4 is 9.64 Å². The van der Waals surface area contributed by atoms with Gasteiger partial charge in [0.2, 0.25) is 5.91 Å². The minimum Gasteiger partial charge on any atom is -0.508 e. The number of hydrogen-bond acceptors (Lipinski definition) is 8. The van der Waals surface area contributed by atoms with Gasteiger partial charge >= 0.3 is 6.01 Å². The summed E-state index contributed by atoms with van der Waals surface area (Å²) in [4.78, 5) is 29.5. The van der Waals surface area contributed by atoms with E-state index in [0.717, 1.165) is 48.6 Å². The fraction of sp³-hybridized carbons (Fsp3) is 0.389. The van der Waals surface area contributed by atoms with E-state index >= 15 is 4.39 Å². The number of carbonyl (C=O) groups is 1. The van der Waals surface area contributed by atoms with Gasteiger partial charge in [-0.1, -0.05) is 30.3 Å². The molecule has 3 saturated heterocycles. The molecule has 2 unspecified atom stereocenters. The molecule has 1 amide bonds. The van der Waals surface area contributed by atoms with Crippen LogP contribution in [0.1, 0.15) is 31.2 Å². The second-order valence-corrected chi connectivity index (χ2v) is 13.2. The van der Waals surface area contributed by atoms with Crippen molar-refractivity contribution < 1.29 is 19.0 Å². The molecule has 8 rings (SSSR count). The highest BCUT2D eigenvalue weighted by molar-refractivity contribution is 6.01. The number of anilines is 1. The monoisotopic (exact) mass is 635 g/mol. The van der Waals surface area contributed by atoms with Crippen molar-refractivity contribution in [2.45, 2.75) is 50.2 Å². The van der Waals surface area contributed by atoms with E-state index in [1.54, 1.807) is 29.1 Å². The van der Waals surface area contributed by atoms with Crippen molar-refractivity contribution >= 4 is 33.4 Å². The average molecular weight is 636 g/mol. The van der Waals surface area contributed by atoms with Crippen molar-refractivity contribution in [1.29, 1.82) is 0 Å². The van der Waals surface area contributed by atoms with E-state index in [1.807, 2.05) is 48.5 Å². The van der Waals surface area contributed by atoms with Crippen molar-refractivity contribution in [3.8, 4) is 22.9 Å².